The zero-order chi connectivity index (χ0) is 39.9. The molecule has 5 aromatic rings. The summed E-state index contributed by atoms with van der Waals surface area (Å²) in [6, 6.07) is 24.7. The van der Waals surface area contributed by atoms with Crippen LogP contribution in [-0.2, 0) is 16.1 Å². The Morgan fingerprint density at radius 2 is 1.53 bits per heavy atom. The Balaban J connectivity index is 0.737. The van der Waals surface area contributed by atoms with Gasteiger partial charge in [-0.05, 0) is 135 Å². The van der Waals surface area contributed by atoms with E-state index in [4.69, 9.17) is 0 Å². The van der Waals surface area contributed by atoms with Gasteiger partial charge in [-0.1, -0.05) is 24.3 Å². The molecule has 0 spiro atoms. The number of phenolic OH excluding ortho intramolecular Hbond substituents is 1. The summed E-state index contributed by atoms with van der Waals surface area (Å²) in [6.45, 7) is 8.46. The summed E-state index contributed by atoms with van der Waals surface area (Å²) in [5.74, 6) is -0.622. The average molecular weight is 800 g/mol. The highest BCUT2D eigenvalue weighted by atomic mass is 32.1. The first-order valence-corrected chi connectivity index (χ1v) is 21.1. The zero-order valence-corrected chi connectivity index (χ0v) is 33.1. The van der Waals surface area contributed by atoms with Gasteiger partial charge in [-0.15, -0.1) is 11.3 Å². The number of piperidine rings is 2. The molecule has 0 radical (unpaired) electrons. The number of benzene rings is 4. The van der Waals surface area contributed by atoms with Crippen molar-refractivity contribution in [3.63, 3.8) is 0 Å². The number of piperazine rings is 1. The van der Waals surface area contributed by atoms with E-state index in [2.05, 4.69) is 32.1 Å². The molecule has 3 amide bonds. The number of fused-ring (bicyclic) bond motifs is 2. The van der Waals surface area contributed by atoms with E-state index in [-0.39, 0.29) is 41.5 Å². The summed E-state index contributed by atoms with van der Waals surface area (Å²) in [5.41, 5.74) is 5.93. The van der Waals surface area contributed by atoms with Crippen LogP contribution in [0.3, 0.4) is 0 Å². The molecule has 1 aromatic heterocycles. The number of nitrogens with zero attached hydrogens (tertiary/aromatic N) is 4. The van der Waals surface area contributed by atoms with Crippen molar-refractivity contribution in [1.29, 1.82) is 0 Å². The predicted octanol–water partition coefficient (Wildman–Crippen LogP) is 6.80. The quantitative estimate of drug-likeness (QED) is 0.117. The number of anilines is 1. The number of amides is 3. The van der Waals surface area contributed by atoms with Crippen molar-refractivity contribution >= 4 is 50.6 Å². The Kier molecular flexibility index (Phi) is 10.6. The number of hydrogen-bond donors (Lipinski definition) is 2. The van der Waals surface area contributed by atoms with E-state index in [0.29, 0.717) is 35.6 Å². The second-order valence-corrected chi connectivity index (χ2v) is 17.0. The molecule has 9 rings (SSSR count). The number of halogens is 1. The first-order valence-electron chi connectivity index (χ1n) is 20.3. The van der Waals surface area contributed by atoms with Crippen LogP contribution in [0.25, 0.3) is 20.5 Å². The van der Waals surface area contributed by atoms with E-state index in [0.717, 1.165) is 103 Å². The van der Waals surface area contributed by atoms with Crippen molar-refractivity contribution in [3.05, 3.63) is 119 Å². The molecule has 1 atom stereocenters. The number of rotatable bonds is 10. The Bertz CT molecular complexity index is 2380. The predicted molar refractivity (Wildman–Crippen MR) is 223 cm³/mol. The first-order chi connectivity index (χ1) is 28.2. The summed E-state index contributed by atoms with van der Waals surface area (Å²) >= 11 is 1.42. The van der Waals surface area contributed by atoms with Gasteiger partial charge in [0, 0.05) is 76.5 Å². The van der Waals surface area contributed by atoms with E-state index >= 15 is 0 Å². The van der Waals surface area contributed by atoms with Crippen LogP contribution >= 0.6 is 11.3 Å². The van der Waals surface area contributed by atoms with Crippen molar-refractivity contribution in [2.75, 3.05) is 57.3 Å². The lowest BCUT2D eigenvalue weighted by Crippen LogP contribution is -2.52. The summed E-state index contributed by atoms with van der Waals surface area (Å²) in [4.78, 5) is 61.1. The van der Waals surface area contributed by atoms with Gasteiger partial charge < -0.3 is 19.8 Å². The molecule has 0 saturated carbocycles. The smallest absolute Gasteiger partial charge is 0.255 e. The minimum Gasteiger partial charge on any atom is -0.508 e. The standard InChI is InChI=1S/C46H46FN5O5S/c47-34-7-2-31(3-8-34)44-42(38-13-11-36(53)27-40(38)58-44)43(55)30-4-9-35(10-5-30)51-24-22-50(23-25-51)19-1-18-49-20-16-29(17-21-49)32-6-12-37-33(26-32)28-52(46(37)57)39-14-15-41(54)48-45(39)56/h2-13,26-27,29,39,53H,1,14-25,28H2,(H,48,54,56). The fraction of sp³-hybridized carbons (Fsp3) is 0.348. The van der Waals surface area contributed by atoms with Crippen molar-refractivity contribution in [3.8, 4) is 16.2 Å². The molecular formula is C46H46FN5O5S. The van der Waals surface area contributed by atoms with Gasteiger partial charge >= 0.3 is 0 Å². The Hall–Kier alpha value is -5.43. The second kappa shape index (κ2) is 16.1. The van der Waals surface area contributed by atoms with Crippen molar-refractivity contribution in [2.45, 2.75) is 50.6 Å². The van der Waals surface area contributed by atoms with E-state index in [1.807, 2.05) is 30.3 Å². The van der Waals surface area contributed by atoms with E-state index < -0.39 is 6.04 Å². The van der Waals surface area contributed by atoms with Crippen LogP contribution in [-0.4, -0.2) is 102 Å². The molecule has 4 aliphatic heterocycles. The van der Waals surface area contributed by atoms with Gasteiger partial charge in [0.2, 0.25) is 11.8 Å². The topological polar surface area (TPSA) is 114 Å². The SMILES string of the molecule is O=C1CCC(N2Cc3cc(C4CCN(CCCN5CCN(c6ccc(C(=O)c7c(-c8ccc(F)cc8)sc8cc(O)ccc78)cc6)CC5)CC4)ccc3C2=O)C(=O)N1. The van der Waals surface area contributed by atoms with Crippen molar-refractivity contribution in [2.24, 2.45) is 0 Å². The number of aromatic hydroxyl groups is 1. The molecule has 12 heteroatoms. The number of nitrogens with one attached hydrogen (secondary N) is 1. The molecule has 2 N–H and O–H groups in total. The molecule has 0 bridgehead atoms. The molecule has 4 aliphatic rings. The highest BCUT2D eigenvalue weighted by Crippen LogP contribution is 2.41. The van der Waals surface area contributed by atoms with E-state index in [1.165, 1.54) is 29.0 Å². The molecule has 3 fully saturated rings. The minimum absolute atomic E-state index is 0.0992. The minimum atomic E-state index is -0.590. The third kappa shape index (κ3) is 7.64. The Morgan fingerprint density at radius 3 is 2.26 bits per heavy atom. The Morgan fingerprint density at radius 1 is 0.810 bits per heavy atom. The normalized spacial score (nSPS) is 19.5. The summed E-state index contributed by atoms with van der Waals surface area (Å²) in [5, 5.41) is 13.3. The zero-order valence-electron chi connectivity index (χ0n) is 32.3. The number of likely N-dealkylation sites (tertiary alicyclic amines) is 1. The molecule has 5 heterocycles. The number of phenols is 1. The molecule has 298 valence electrons. The maximum absolute atomic E-state index is 14.0. The Labute approximate surface area is 340 Å². The second-order valence-electron chi connectivity index (χ2n) is 16.0. The maximum atomic E-state index is 14.0. The van der Waals surface area contributed by atoms with Gasteiger partial charge in [0.25, 0.3) is 5.91 Å². The van der Waals surface area contributed by atoms with E-state index in [1.54, 1.807) is 35.2 Å². The number of hydrogen-bond acceptors (Lipinski definition) is 9. The van der Waals surface area contributed by atoms with Crippen LogP contribution in [0.15, 0.2) is 84.9 Å². The van der Waals surface area contributed by atoms with Gasteiger partial charge in [0.15, 0.2) is 5.78 Å². The number of ketones is 1. The fourth-order valence-corrected chi connectivity index (χ4v) is 10.4. The van der Waals surface area contributed by atoms with Crippen molar-refractivity contribution < 1.29 is 28.7 Å². The van der Waals surface area contributed by atoms with Crippen molar-refractivity contribution in [1.82, 2.24) is 20.0 Å². The van der Waals surface area contributed by atoms with Crippen LogP contribution in [0.1, 0.15) is 75.4 Å². The lowest BCUT2D eigenvalue weighted by Gasteiger charge is -2.37. The van der Waals surface area contributed by atoms with Crippen LogP contribution in [0, 0.1) is 5.82 Å². The van der Waals surface area contributed by atoms with Gasteiger partial charge in [0.05, 0.1) is 0 Å². The molecular weight excluding hydrogens is 754 g/mol. The largest absolute Gasteiger partial charge is 0.508 e. The van der Waals surface area contributed by atoms with Crippen LogP contribution in [0.5, 0.6) is 5.75 Å². The first kappa shape index (κ1) is 38.1. The molecule has 4 aromatic carbocycles. The highest BCUT2D eigenvalue weighted by Gasteiger charge is 2.39. The average Bonchev–Trinajstić information content (AvgIpc) is 3.78. The van der Waals surface area contributed by atoms with Crippen LogP contribution < -0.4 is 10.2 Å². The molecule has 1 unspecified atom stereocenters. The van der Waals surface area contributed by atoms with Crippen LogP contribution in [0.4, 0.5) is 10.1 Å². The molecule has 0 aliphatic carbocycles. The van der Waals surface area contributed by atoms with Gasteiger partial charge in [-0.25, -0.2) is 4.39 Å². The summed E-state index contributed by atoms with van der Waals surface area (Å²) < 4.78 is 14.5. The van der Waals surface area contributed by atoms with Gasteiger partial charge in [0.1, 0.15) is 17.6 Å². The lowest BCUT2D eigenvalue weighted by molar-refractivity contribution is -0.136. The molecule has 10 nitrogen and oxygen atoms in total. The highest BCUT2D eigenvalue weighted by molar-refractivity contribution is 7.22. The monoisotopic (exact) mass is 799 g/mol. The number of carbonyl (C=O) groups is 4. The lowest BCUT2D eigenvalue weighted by atomic mass is 9.88. The maximum Gasteiger partial charge on any atom is 0.255 e. The van der Waals surface area contributed by atoms with Gasteiger partial charge in [-0.3, -0.25) is 29.4 Å². The number of carbonyl (C=O) groups excluding carboxylic acids is 4. The van der Waals surface area contributed by atoms with E-state index in [9.17, 15) is 28.7 Å². The van der Waals surface area contributed by atoms with Crippen LogP contribution in [0.2, 0.25) is 0 Å². The fourth-order valence-electron chi connectivity index (χ4n) is 9.17. The third-order valence-corrected chi connectivity index (χ3v) is 13.6. The molecule has 58 heavy (non-hydrogen) atoms. The summed E-state index contributed by atoms with van der Waals surface area (Å²) in [7, 11) is 0. The number of thiophene rings is 1. The summed E-state index contributed by atoms with van der Waals surface area (Å²) in [6.07, 6.45) is 3.91. The third-order valence-electron chi connectivity index (χ3n) is 12.4. The number of imide groups is 1. The molecule has 3 saturated heterocycles. The van der Waals surface area contributed by atoms with Gasteiger partial charge in [-0.2, -0.15) is 0 Å².